The molecule has 8 heteroatoms. The molecule has 0 bridgehead atoms. The summed E-state index contributed by atoms with van der Waals surface area (Å²) >= 11 is 1.38. The van der Waals surface area contributed by atoms with Crippen molar-refractivity contribution in [3.05, 3.63) is 30.3 Å². The fourth-order valence-electron chi connectivity index (χ4n) is 3.72. The molecule has 1 aromatic carbocycles. The van der Waals surface area contributed by atoms with Crippen molar-refractivity contribution in [2.24, 2.45) is 0 Å². The second-order valence-corrected chi connectivity index (χ2v) is 8.46. The van der Waals surface area contributed by atoms with Gasteiger partial charge in [0.25, 0.3) is 0 Å². The van der Waals surface area contributed by atoms with Gasteiger partial charge in [0, 0.05) is 31.9 Å². The van der Waals surface area contributed by atoms with E-state index in [2.05, 4.69) is 15.1 Å². The third-order valence-electron chi connectivity index (χ3n) is 5.26. The maximum atomic E-state index is 12.3. The minimum Gasteiger partial charge on any atom is -0.341 e. The lowest BCUT2D eigenvalue weighted by Gasteiger charge is -2.30. The van der Waals surface area contributed by atoms with Crippen LogP contribution in [0.25, 0.3) is 0 Å². The summed E-state index contributed by atoms with van der Waals surface area (Å²) in [4.78, 5) is 31.0. The highest BCUT2D eigenvalue weighted by molar-refractivity contribution is 7.99. The van der Waals surface area contributed by atoms with Gasteiger partial charge in [-0.25, -0.2) is 0 Å². The molecule has 0 aliphatic carbocycles. The summed E-state index contributed by atoms with van der Waals surface area (Å²) in [5.74, 6) is 1.73. The van der Waals surface area contributed by atoms with Crippen LogP contribution < -0.4 is 15.1 Å². The van der Waals surface area contributed by atoms with Gasteiger partial charge < -0.3 is 15.1 Å². The molecular weight excluding hydrogens is 384 g/mol. The van der Waals surface area contributed by atoms with Gasteiger partial charge in [0.05, 0.1) is 5.75 Å². The number of para-hydroxylation sites is 1. The Kier molecular flexibility index (Phi) is 6.82. The van der Waals surface area contributed by atoms with Crippen LogP contribution in [0.2, 0.25) is 0 Å². The van der Waals surface area contributed by atoms with Gasteiger partial charge in [0.15, 0.2) is 5.16 Å². The molecular formula is C21H28N6OS. The summed E-state index contributed by atoms with van der Waals surface area (Å²) in [7, 11) is 0. The fraction of sp³-hybridized carbons (Fsp3) is 0.524. The summed E-state index contributed by atoms with van der Waals surface area (Å²) in [5.41, 5.74) is 0.803. The van der Waals surface area contributed by atoms with Crippen LogP contribution >= 0.6 is 11.8 Å². The fourth-order valence-corrected chi connectivity index (χ4v) is 4.34. The molecule has 1 aromatic heterocycles. The first-order valence-electron chi connectivity index (χ1n) is 10.5. The second kappa shape index (κ2) is 9.91. The van der Waals surface area contributed by atoms with Gasteiger partial charge in [-0.3, -0.25) is 4.79 Å². The van der Waals surface area contributed by atoms with Crippen LogP contribution in [0, 0.1) is 0 Å². The average molecular weight is 413 g/mol. The van der Waals surface area contributed by atoms with Crippen LogP contribution in [0.3, 0.4) is 0 Å². The highest BCUT2D eigenvalue weighted by Gasteiger charge is 2.20. The molecule has 3 heterocycles. The molecule has 0 spiro atoms. The maximum Gasteiger partial charge on any atom is 0.234 e. The normalized spacial score (nSPS) is 17.2. The van der Waals surface area contributed by atoms with E-state index in [-0.39, 0.29) is 11.7 Å². The number of carbonyl (C=O) groups excluding carboxylic acids is 1. The van der Waals surface area contributed by atoms with Gasteiger partial charge in [-0.15, -0.1) is 0 Å². The Morgan fingerprint density at radius 3 is 1.93 bits per heavy atom. The van der Waals surface area contributed by atoms with Gasteiger partial charge in [-0.2, -0.15) is 15.0 Å². The standard InChI is InChI=1S/C21H28N6OS/c28-18(22-17-10-4-1-5-11-17)16-29-21-24-19(26-12-6-2-7-13-26)23-20(25-21)27-14-8-3-9-15-27/h1,4-5,10-11H,2-3,6-9,12-16H2,(H,22,28). The molecule has 0 saturated carbocycles. The number of carbonyl (C=O) groups is 1. The number of hydrogen-bond donors (Lipinski definition) is 1. The lowest BCUT2D eigenvalue weighted by molar-refractivity contribution is -0.113. The zero-order valence-corrected chi connectivity index (χ0v) is 17.5. The van der Waals surface area contributed by atoms with Crippen molar-refractivity contribution < 1.29 is 4.79 Å². The predicted molar refractivity (Wildman–Crippen MR) is 118 cm³/mol. The molecule has 0 unspecified atom stereocenters. The Morgan fingerprint density at radius 1 is 0.828 bits per heavy atom. The lowest BCUT2D eigenvalue weighted by Crippen LogP contribution is -2.34. The van der Waals surface area contributed by atoms with E-state index < -0.39 is 0 Å². The van der Waals surface area contributed by atoms with Gasteiger partial charge in [0.2, 0.25) is 17.8 Å². The molecule has 29 heavy (non-hydrogen) atoms. The number of aromatic nitrogens is 3. The largest absolute Gasteiger partial charge is 0.341 e. The molecule has 2 aromatic rings. The predicted octanol–water partition coefficient (Wildman–Crippen LogP) is 3.58. The van der Waals surface area contributed by atoms with Crippen LogP contribution in [0.1, 0.15) is 38.5 Å². The smallest absolute Gasteiger partial charge is 0.234 e. The van der Waals surface area contributed by atoms with E-state index in [9.17, 15) is 4.79 Å². The van der Waals surface area contributed by atoms with E-state index in [4.69, 9.17) is 15.0 Å². The Bertz CT molecular complexity index is 770. The van der Waals surface area contributed by atoms with Crippen molar-refractivity contribution in [2.45, 2.75) is 43.7 Å². The third kappa shape index (κ3) is 5.59. The first-order chi connectivity index (χ1) is 14.3. The second-order valence-electron chi connectivity index (χ2n) is 7.52. The number of benzene rings is 1. The number of anilines is 3. The number of thioether (sulfide) groups is 1. The number of rotatable bonds is 6. The van der Waals surface area contributed by atoms with E-state index in [0.29, 0.717) is 5.16 Å². The molecule has 0 radical (unpaired) electrons. The minimum absolute atomic E-state index is 0.0549. The quantitative estimate of drug-likeness (QED) is 0.727. The Hall–Kier alpha value is -2.35. The van der Waals surface area contributed by atoms with Gasteiger partial charge in [-0.1, -0.05) is 30.0 Å². The number of hydrogen-bond acceptors (Lipinski definition) is 7. The lowest BCUT2D eigenvalue weighted by atomic mass is 10.1. The van der Waals surface area contributed by atoms with E-state index in [1.165, 1.54) is 50.3 Å². The van der Waals surface area contributed by atoms with Crippen molar-refractivity contribution in [1.82, 2.24) is 15.0 Å². The first kappa shape index (κ1) is 19.9. The SMILES string of the molecule is O=C(CSc1nc(N2CCCCC2)nc(N2CCCCC2)n1)Nc1ccccc1. The summed E-state index contributed by atoms with van der Waals surface area (Å²) < 4.78 is 0. The minimum atomic E-state index is -0.0549. The summed E-state index contributed by atoms with van der Waals surface area (Å²) in [6.07, 6.45) is 7.22. The molecule has 2 saturated heterocycles. The van der Waals surface area contributed by atoms with Crippen LogP contribution in [0.15, 0.2) is 35.5 Å². The Labute approximate surface area is 176 Å². The molecule has 0 atom stereocenters. The summed E-state index contributed by atoms with van der Waals surface area (Å²) in [6.45, 7) is 3.95. The maximum absolute atomic E-state index is 12.3. The van der Waals surface area contributed by atoms with Crippen molar-refractivity contribution in [3.63, 3.8) is 0 Å². The molecule has 2 aliphatic rings. The zero-order valence-electron chi connectivity index (χ0n) is 16.7. The van der Waals surface area contributed by atoms with E-state index in [1.54, 1.807) is 0 Å². The van der Waals surface area contributed by atoms with Crippen LogP contribution in [0.4, 0.5) is 17.6 Å². The molecule has 7 nitrogen and oxygen atoms in total. The molecule has 1 amide bonds. The monoisotopic (exact) mass is 412 g/mol. The van der Waals surface area contributed by atoms with Crippen LogP contribution in [-0.2, 0) is 4.79 Å². The number of nitrogens with zero attached hydrogens (tertiary/aromatic N) is 5. The molecule has 2 fully saturated rings. The third-order valence-corrected chi connectivity index (χ3v) is 6.11. The zero-order chi connectivity index (χ0) is 19.9. The molecule has 154 valence electrons. The average Bonchev–Trinajstić information content (AvgIpc) is 2.79. The molecule has 4 rings (SSSR count). The molecule has 1 N–H and O–H groups in total. The highest BCUT2D eigenvalue weighted by Crippen LogP contribution is 2.24. The van der Waals surface area contributed by atoms with Gasteiger partial charge >= 0.3 is 0 Å². The number of amides is 1. The first-order valence-corrected chi connectivity index (χ1v) is 11.5. The summed E-state index contributed by atoms with van der Waals surface area (Å²) in [6, 6.07) is 9.51. The van der Waals surface area contributed by atoms with Gasteiger partial charge in [0.1, 0.15) is 0 Å². The Balaban J connectivity index is 1.47. The van der Waals surface area contributed by atoms with Crippen molar-refractivity contribution in [3.8, 4) is 0 Å². The van der Waals surface area contributed by atoms with E-state index >= 15 is 0 Å². The number of piperidine rings is 2. The summed E-state index contributed by atoms with van der Waals surface area (Å²) in [5, 5.41) is 3.55. The van der Waals surface area contributed by atoms with Gasteiger partial charge in [-0.05, 0) is 50.7 Å². The highest BCUT2D eigenvalue weighted by atomic mass is 32.2. The van der Waals surface area contributed by atoms with Crippen molar-refractivity contribution in [1.29, 1.82) is 0 Å². The van der Waals surface area contributed by atoms with E-state index in [0.717, 1.165) is 43.8 Å². The topological polar surface area (TPSA) is 74.2 Å². The van der Waals surface area contributed by atoms with Crippen LogP contribution in [-0.4, -0.2) is 52.8 Å². The van der Waals surface area contributed by atoms with E-state index in [1.807, 2.05) is 30.3 Å². The number of nitrogens with one attached hydrogen (secondary N) is 1. The van der Waals surface area contributed by atoms with Crippen LogP contribution in [0.5, 0.6) is 0 Å². The Morgan fingerprint density at radius 2 is 1.38 bits per heavy atom. The van der Waals surface area contributed by atoms with Crippen molar-refractivity contribution in [2.75, 3.05) is 47.0 Å². The molecule has 2 aliphatic heterocycles. The van der Waals surface area contributed by atoms with Crippen molar-refractivity contribution >= 4 is 35.3 Å².